The van der Waals surface area contributed by atoms with Gasteiger partial charge in [-0.1, -0.05) is 12.8 Å². The van der Waals surface area contributed by atoms with Crippen molar-refractivity contribution in [3.05, 3.63) is 0 Å². The highest BCUT2D eigenvalue weighted by molar-refractivity contribution is 5.90. The summed E-state index contributed by atoms with van der Waals surface area (Å²) in [7, 11) is 0. The van der Waals surface area contributed by atoms with E-state index < -0.39 is 54.5 Å². The third kappa shape index (κ3) is 11.4. The maximum absolute atomic E-state index is 12.7. The number of carbonyl (C=O) groups excluding carboxylic acids is 3. The molecule has 0 aromatic heterocycles. The van der Waals surface area contributed by atoms with Crippen molar-refractivity contribution in [2.24, 2.45) is 5.92 Å². The first-order valence-corrected chi connectivity index (χ1v) is 11.1. The number of alkyl halides is 6. The quantitative estimate of drug-likeness (QED) is 0.319. The first-order chi connectivity index (χ1) is 15.5. The lowest BCUT2D eigenvalue weighted by atomic mass is 10.0. The number of alkyl carbamates (subject to hydrolysis) is 1. The molecule has 1 rings (SSSR count). The summed E-state index contributed by atoms with van der Waals surface area (Å²) in [6, 6.07) is -1.31. The normalized spacial score (nSPS) is 16.4. The van der Waals surface area contributed by atoms with Crippen molar-refractivity contribution in [1.29, 1.82) is 0 Å². The first kappa shape index (κ1) is 30.0. The summed E-state index contributed by atoms with van der Waals surface area (Å²) >= 11 is 0. The largest absolute Gasteiger partial charge is 0.444 e. The fraction of sp³-hybridized carbons (Fsp3) is 0.857. The number of carbonyl (C=O) groups is 3. The minimum atomic E-state index is -5.74. The molecule has 34 heavy (non-hydrogen) atoms. The Balaban J connectivity index is 2.67. The Morgan fingerprint density at radius 1 is 0.941 bits per heavy atom. The molecule has 13 heteroatoms. The molecule has 1 aliphatic carbocycles. The molecule has 1 aliphatic rings. The number of amides is 2. The molecule has 0 saturated heterocycles. The predicted octanol–water partition coefficient (Wildman–Crippen LogP) is 4.44. The van der Waals surface area contributed by atoms with Crippen LogP contribution in [0.5, 0.6) is 0 Å². The van der Waals surface area contributed by atoms with E-state index in [0.29, 0.717) is 19.3 Å². The minimum absolute atomic E-state index is 0.0423. The Morgan fingerprint density at radius 3 is 2.00 bits per heavy atom. The van der Waals surface area contributed by atoms with Gasteiger partial charge >= 0.3 is 18.4 Å². The SMILES string of the molecule is CC(C)(C)OC(=O)NCCCCC(NC(=O)C1CCCC1)C(=O)COC(C(F)(F)F)C(F)(F)F. The Kier molecular flexibility index (Phi) is 11.1. The zero-order valence-corrected chi connectivity index (χ0v) is 19.4. The molecule has 0 aromatic rings. The fourth-order valence-electron chi connectivity index (χ4n) is 3.41. The molecule has 0 aliphatic heterocycles. The number of hydrogen-bond acceptors (Lipinski definition) is 5. The van der Waals surface area contributed by atoms with E-state index in [-0.39, 0.29) is 25.3 Å². The molecule has 0 bridgehead atoms. The summed E-state index contributed by atoms with van der Waals surface area (Å²) < 4.78 is 85.0. The number of unbranched alkanes of at least 4 members (excludes halogenated alkanes) is 1. The maximum Gasteiger partial charge on any atom is 0.423 e. The van der Waals surface area contributed by atoms with E-state index >= 15 is 0 Å². The van der Waals surface area contributed by atoms with Gasteiger partial charge in [0.25, 0.3) is 0 Å². The Hall–Kier alpha value is -2.05. The van der Waals surface area contributed by atoms with E-state index in [1.165, 1.54) is 0 Å². The number of ether oxygens (including phenoxy) is 2. The zero-order chi connectivity index (χ0) is 26.2. The van der Waals surface area contributed by atoms with E-state index in [0.717, 1.165) is 12.8 Å². The van der Waals surface area contributed by atoms with Crippen LogP contribution in [0.1, 0.15) is 65.7 Å². The molecule has 198 valence electrons. The molecule has 1 saturated carbocycles. The zero-order valence-electron chi connectivity index (χ0n) is 19.4. The molecule has 2 amide bonds. The molecule has 7 nitrogen and oxygen atoms in total. The van der Waals surface area contributed by atoms with Gasteiger partial charge in [-0.15, -0.1) is 0 Å². The van der Waals surface area contributed by atoms with E-state index in [9.17, 15) is 40.7 Å². The van der Waals surface area contributed by atoms with Crippen molar-refractivity contribution in [2.45, 2.75) is 95.8 Å². The van der Waals surface area contributed by atoms with Crippen LogP contribution >= 0.6 is 0 Å². The molecule has 1 unspecified atom stereocenters. The lowest BCUT2D eigenvalue weighted by Crippen LogP contribution is -2.48. The van der Waals surface area contributed by atoms with Gasteiger partial charge in [-0.2, -0.15) is 26.3 Å². The minimum Gasteiger partial charge on any atom is -0.444 e. The molecule has 0 aromatic carbocycles. The molecule has 0 heterocycles. The number of rotatable bonds is 11. The fourth-order valence-corrected chi connectivity index (χ4v) is 3.41. The van der Waals surface area contributed by atoms with Gasteiger partial charge in [-0.05, 0) is 52.9 Å². The molecular weight excluding hydrogens is 474 g/mol. The highest BCUT2D eigenvalue weighted by Gasteiger charge is 2.58. The number of hydrogen-bond donors (Lipinski definition) is 2. The van der Waals surface area contributed by atoms with Crippen LogP contribution in [0.25, 0.3) is 0 Å². The molecule has 1 fully saturated rings. The summed E-state index contributed by atoms with van der Waals surface area (Å²) in [6.07, 6.45) is -12.9. The van der Waals surface area contributed by atoms with Crippen molar-refractivity contribution in [3.8, 4) is 0 Å². The molecule has 1 atom stereocenters. The van der Waals surface area contributed by atoms with Gasteiger partial charge in [0.05, 0.1) is 6.04 Å². The molecule has 2 N–H and O–H groups in total. The van der Waals surface area contributed by atoms with Gasteiger partial charge in [0.2, 0.25) is 12.0 Å². The number of ketones is 1. The third-order valence-electron chi connectivity index (χ3n) is 5.01. The van der Waals surface area contributed by atoms with Crippen LogP contribution in [0.15, 0.2) is 0 Å². The van der Waals surface area contributed by atoms with Crippen molar-refractivity contribution in [2.75, 3.05) is 13.2 Å². The Bertz CT molecular complexity index is 671. The van der Waals surface area contributed by atoms with Crippen molar-refractivity contribution >= 4 is 17.8 Å². The van der Waals surface area contributed by atoms with E-state index in [1.54, 1.807) is 20.8 Å². The van der Waals surface area contributed by atoms with E-state index in [4.69, 9.17) is 4.74 Å². The lowest BCUT2D eigenvalue weighted by Gasteiger charge is -2.25. The van der Waals surface area contributed by atoms with Crippen LogP contribution in [0.4, 0.5) is 31.1 Å². The van der Waals surface area contributed by atoms with Gasteiger partial charge in [0.1, 0.15) is 12.2 Å². The van der Waals surface area contributed by atoms with Crippen LogP contribution in [-0.2, 0) is 19.1 Å². The lowest BCUT2D eigenvalue weighted by molar-refractivity contribution is -0.319. The smallest absolute Gasteiger partial charge is 0.423 e. The third-order valence-corrected chi connectivity index (χ3v) is 5.01. The van der Waals surface area contributed by atoms with Crippen LogP contribution in [0.2, 0.25) is 0 Å². The summed E-state index contributed by atoms with van der Waals surface area (Å²) in [5.41, 5.74) is -0.698. The summed E-state index contributed by atoms with van der Waals surface area (Å²) in [5, 5.41) is 4.94. The van der Waals surface area contributed by atoms with Crippen LogP contribution in [0, 0.1) is 5.92 Å². The van der Waals surface area contributed by atoms with Gasteiger partial charge in [0, 0.05) is 12.5 Å². The van der Waals surface area contributed by atoms with Crippen molar-refractivity contribution in [1.82, 2.24) is 10.6 Å². The summed E-state index contributed by atoms with van der Waals surface area (Å²) in [4.78, 5) is 36.4. The Morgan fingerprint density at radius 2 is 1.50 bits per heavy atom. The van der Waals surface area contributed by atoms with Gasteiger partial charge in [-0.3, -0.25) is 9.59 Å². The Labute approximate surface area is 194 Å². The number of Topliss-reactive ketones (excluding diaryl/α,β-unsaturated/α-hetero) is 1. The van der Waals surface area contributed by atoms with Crippen molar-refractivity contribution in [3.63, 3.8) is 0 Å². The second-order valence-electron chi connectivity index (χ2n) is 9.21. The second-order valence-corrected chi connectivity index (χ2v) is 9.21. The maximum atomic E-state index is 12.7. The first-order valence-electron chi connectivity index (χ1n) is 11.1. The highest BCUT2D eigenvalue weighted by atomic mass is 19.4. The average molecular weight is 506 g/mol. The molecular formula is C21H32F6N2O5. The average Bonchev–Trinajstić information content (AvgIpc) is 3.17. The second kappa shape index (κ2) is 12.6. The van der Waals surface area contributed by atoms with Gasteiger partial charge < -0.3 is 20.1 Å². The molecule has 0 radical (unpaired) electrons. The monoisotopic (exact) mass is 506 g/mol. The number of nitrogens with one attached hydrogen (secondary N) is 2. The molecule has 0 spiro atoms. The van der Waals surface area contributed by atoms with Crippen LogP contribution < -0.4 is 10.6 Å². The summed E-state index contributed by atoms with van der Waals surface area (Å²) in [6.45, 7) is 3.74. The topological polar surface area (TPSA) is 93.7 Å². The highest BCUT2D eigenvalue weighted by Crippen LogP contribution is 2.35. The number of halogens is 6. The van der Waals surface area contributed by atoms with E-state index in [1.807, 2.05) is 0 Å². The van der Waals surface area contributed by atoms with E-state index in [2.05, 4.69) is 15.4 Å². The van der Waals surface area contributed by atoms with Crippen LogP contribution in [0.3, 0.4) is 0 Å². The standard InChI is InChI=1S/C21H32F6N2O5/c1-19(2,3)34-18(32)28-11-7-6-10-14(29-16(31)13-8-4-5-9-13)15(30)12-33-17(20(22,23)24)21(25,26)27/h13-14,17H,4-12H2,1-3H3,(H,28,32)(H,29,31). The van der Waals surface area contributed by atoms with Gasteiger partial charge in [0.15, 0.2) is 5.78 Å². The van der Waals surface area contributed by atoms with Crippen molar-refractivity contribution < 1.29 is 50.2 Å². The summed E-state index contributed by atoms with van der Waals surface area (Å²) in [5.74, 6) is -1.92. The van der Waals surface area contributed by atoms with Crippen LogP contribution in [-0.4, -0.2) is 61.0 Å². The predicted molar refractivity (Wildman–Crippen MR) is 109 cm³/mol. The van der Waals surface area contributed by atoms with Gasteiger partial charge in [-0.25, -0.2) is 4.79 Å².